The van der Waals surface area contributed by atoms with Crippen molar-refractivity contribution in [2.75, 3.05) is 26.8 Å². The predicted octanol–water partition coefficient (Wildman–Crippen LogP) is 1.68. The van der Waals surface area contributed by atoms with Gasteiger partial charge in [0.2, 0.25) is 5.91 Å². The fourth-order valence-corrected chi connectivity index (χ4v) is 2.57. The second kappa shape index (κ2) is 9.41. The van der Waals surface area contributed by atoms with E-state index in [0.29, 0.717) is 24.0 Å². The van der Waals surface area contributed by atoms with Gasteiger partial charge in [-0.2, -0.15) is 0 Å². The average Bonchev–Trinajstić information content (AvgIpc) is 2.45. The van der Waals surface area contributed by atoms with E-state index in [1.54, 1.807) is 24.9 Å². The van der Waals surface area contributed by atoms with Crippen LogP contribution < -0.4 is 10.6 Å². The van der Waals surface area contributed by atoms with Crippen molar-refractivity contribution in [1.29, 1.82) is 0 Å². The number of hydrogen-bond acceptors (Lipinski definition) is 4. The van der Waals surface area contributed by atoms with Crippen LogP contribution in [0.1, 0.15) is 24.2 Å². The van der Waals surface area contributed by atoms with Crippen molar-refractivity contribution in [3.63, 3.8) is 0 Å². The third kappa shape index (κ3) is 6.64. The molecule has 0 fully saturated rings. The van der Waals surface area contributed by atoms with Crippen LogP contribution in [0.4, 0.5) is 0 Å². The van der Waals surface area contributed by atoms with Crippen molar-refractivity contribution >= 4 is 23.6 Å². The molecule has 2 amide bonds. The van der Waals surface area contributed by atoms with Crippen LogP contribution in [0.25, 0.3) is 0 Å². The monoisotopic (exact) mass is 310 g/mol. The molecule has 116 valence electrons. The van der Waals surface area contributed by atoms with Gasteiger partial charge in [0.25, 0.3) is 5.91 Å². The smallest absolute Gasteiger partial charge is 0.252 e. The normalized spacial score (nSPS) is 10.5. The molecular weight excluding hydrogens is 288 g/mol. The zero-order valence-corrected chi connectivity index (χ0v) is 13.5. The molecule has 5 nitrogen and oxygen atoms in total. The number of hydrogen-bond donors (Lipinski definition) is 2. The number of carbonyl (C=O) groups is 2. The number of ether oxygens (including phenoxy) is 1. The Labute approximate surface area is 129 Å². The number of carbonyl (C=O) groups excluding carboxylic acids is 2. The summed E-state index contributed by atoms with van der Waals surface area (Å²) in [6, 6.07) is 7.40. The van der Waals surface area contributed by atoms with Crippen molar-refractivity contribution in [3.05, 3.63) is 29.8 Å². The topological polar surface area (TPSA) is 67.4 Å². The molecule has 0 heterocycles. The highest BCUT2D eigenvalue weighted by Gasteiger charge is 2.13. The van der Waals surface area contributed by atoms with Crippen molar-refractivity contribution in [3.8, 4) is 0 Å². The van der Waals surface area contributed by atoms with Crippen LogP contribution in [0.15, 0.2) is 29.2 Å². The van der Waals surface area contributed by atoms with Gasteiger partial charge in [-0.1, -0.05) is 26.0 Å². The van der Waals surface area contributed by atoms with Gasteiger partial charge in [0, 0.05) is 23.8 Å². The summed E-state index contributed by atoms with van der Waals surface area (Å²) in [5.41, 5.74) is 0.598. The first-order valence-electron chi connectivity index (χ1n) is 6.84. The molecule has 0 bridgehead atoms. The molecule has 0 saturated carbocycles. The molecule has 1 rings (SSSR count). The van der Waals surface area contributed by atoms with Crippen LogP contribution in [0.5, 0.6) is 0 Å². The Balaban J connectivity index is 2.54. The number of amides is 2. The minimum Gasteiger partial charge on any atom is -0.383 e. The molecule has 6 heteroatoms. The highest BCUT2D eigenvalue weighted by Crippen LogP contribution is 2.26. The Bertz CT molecular complexity index is 478. The fourth-order valence-electron chi connectivity index (χ4n) is 1.62. The summed E-state index contributed by atoms with van der Waals surface area (Å²) >= 11 is 1.63. The number of benzene rings is 1. The van der Waals surface area contributed by atoms with Crippen LogP contribution in [0.3, 0.4) is 0 Å². The van der Waals surface area contributed by atoms with E-state index >= 15 is 0 Å². The maximum absolute atomic E-state index is 12.2. The second-order valence-corrected chi connectivity index (χ2v) is 6.31. The molecule has 21 heavy (non-hydrogen) atoms. The molecular formula is C15H22N2O3S. The summed E-state index contributed by atoms with van der Waals surface area (Å²) in [6.45, 7) is 4.99. The van der Waals surface area contributed by atoms with Crippen molar-refractivity contribution in [1.82, 2.24) is 10.6 Å². The minimum absolute atomic E-state index is 0.0385. The number of thioether (sulfide) groups is 1. The number of rotatable bonds is 8. The molecule has 1 aromatic rings. The molecule has 0 unspecified atom stereocenters. The fraction of sp³-hybridized carbons (Fsp3) is 0.467. The van der Waals surface area contributed by atoms with E-state index in [-0.39, 0.29) is 18.4 Å². The summed E-state index contributed by atoms with van der Waals surface area (Å²) in [7, 11) is 1.57. The standard InChI is InChI=1S/C15H22N2O3S/c1-11(2)21-13-7-5-4-6-12(13)15(19)17-10-14(18)16-8-9-20-3/h4-7,11H,8-10H2,1-3H3,(H,16,18)(H,17,19). The summed E-state index contributed by atoms with van der Waals surface area (Å²) in [5, 5.41) is 5.67. The minimum atomic E-state index is -0.236. The van der Waals surface area contributed by atoms with E-state index in [4.69, 9.17) is 4.74 Å². The lowest BCUT2D eigenvalue weighted by molar-refractivity contribution is -0.120. The molecule has 1 aromatic carbocycles. The van der Waals surface area contributed by atoms with Gasteiger partial charge < -0.3 is 15.4 Å². The Morgan fingerprint density at radius 3 is 2.62 bits per heavy atom. The van der Waals surface area contributed by atoms with Gasteiger partial charge >= 0.3 is 0 Å². The van der Waals surface area contributed by atoms with Crippen LogP contribution in [0.2, 0.25) is 0 Å². The predicted molar refractivity (Wildman–Crippen MR) is 84.7 cm³/mol. The first-order chi connectivity index (χ1) is 10.0. The molecule has 0 radical (unpaired) electrons. The summed E-state index contributed by atoms with van der Waals surface area (Å²) in [5.74, 6) is -0.463. The van der Waals surface area contributed by atoms with Gasteiger partial charge in [0.1, 0.15) is 0 Å². The van der Waals surface area contributed by atoms with Crippen molar-refractivity contribution in [2.24, 2.45) is 0 Å². The number of nitrogens with one attached hydrogen (secondary N) is 2. The largest absolute Gasteiger partial charge is 0.383 e. The molecule has 0 aliphatic carbocycles. The quantitative estimate of drug-likeness (QED) is 0.566. The molecule has 0 saturated heterocycles. The van der Waals surface area contributed by atoms with Gasteiger partial charge in [0.05, 0.1) is 18.7 Å². The van der Waals surface area contributed by atoms with Gasteiger partial charge in [-0.05, 0) is 12.1 Å². The van der Waals surface area contributed by atoms with E-state index < -0.39 is 0 Å². The first-order valence-corrected chi connectivity index (χ1v) is 7.72. The maximum Gasteiger partial charge on any atom is 0.252 e. The molecule has 2 N–H and O–H groups in total. The number of methoxy groups -OCH3 is 1. The lowest BCUT2D eigenvalue weighted by atomic mass is 10.2. The Morgan fingerprint density at radius 1 is 1.24 bits per heavy atom. The lowest BCUT2D eigenvalue weighted by Gasteiger charge is -2.11. The Kier molecular flexibility index (Phi) is 7.85. The Hall–Kier alpha value is -1.53. The van der Waals surface area contributed by atoms with Gasteiger partial charge in [0.15, 0.2) is 0 Å². The highest BCUT2D eigenvalue weighted by molar-refractivity contribution is 8.00. The van der Waals surface area contributed by atoms with E-state index in [2.05, 4.69) is 24.5 Å². The molecule has 0 aromatic heterocycles. The molecule has 0 spiro atoms. The van der Waals surface area contributed by atoms with E-state index in [1.807, 2.05) is 18.2 Å². The third-order valence-corrected chi connectivity index (χ3v) is 3.61. The van der Waals surface area contributed by atoms with Gasteiger partial charge in [-0.25, -0.2) is 0 Å². The summed E-state index contributed by atoms with van der Waals surface area (Å²) in [6.07, 6.45) is 0. The zero-order chi connectivity index (χ0) is 15.7. The third-order valence-electron chi connectivity index (χ3n) is 2.53. The second-order valence-electron chi connectivity index (χ2n) is 4.69. The zero-order valence-electron chi connectivity index (χ0n) is 12.6. The van der Waals surface area contributed by atoms with E-state index in [0.717, 1.165) is 4.90 Å². The lowest BCUT2D eigenvalue weighted by Crippen LogP contribution is -2.38. The SMILES string of the molecule is COCCNC(=O)CNC(=O)c1ccccc1SC(C)C. The average molecular weight is 310 g/mol. The summed E-state index contributed by atoms with van der Waals surface area (Å²) < 4.78 is 4.83. The van der Waals surface area contributed by atoms with Gasteiger partial charge in [-0.3, -0.25) is 9.59 Å². The van der Waals surface area contributed by atoms with Gasteiger partial charge in [-0.15, -0.1) is 11.8 Å². The van der Waals surface area contributed by atoms with Crippen LogP contribution >= 0.6 is 11.8 Å². The molecule has 0 atom stereocenters. The molecule has 0 aliphatic heterocycles. The van der Waals surface area contributed by atoms with E-state index in [9.17, 15) is 9.59 Å². The first kappa shape index (κ1) is 17.5. The van der Waals surface area contributed by atoms with Crippen LogP contribution in [-0.4, -0.2) is 43.9 Å². The highest BCUT2D eigenvalue weighted by atomic mass is 32.2. The Morgan fingerprint density at radius 2 is 1.95 bits per heavy atom. The van der Waals surface area contributed by atoms with Crippen LogP contribution in [-0.2, 0) is 9.53 Å². The maximum atomic E-state index is 12.2. The molecule has 0 aliphatic rings. The van der Waals surface area contributed by atoms with Crippen molar-refractivity contribution < 1.29 is 14.3 Å². The van der Waals surface area contributed by atoms with E-state index in [1.165, 1.54) is 0 Å². The van der Waals surface area contributed by atoms with Crippen LogP contribution in [0, 0.1) is 0 Å². The summed E-state index contributed by atoms with van der Waals surface area (Å²) in [4.78, 5) is 24.6. The van der Waals surface area contributed by atoms with Crippen molar-refractivity contribution in [2.45, 2.75) is 24.0 Å².